The van der Waals surface area contributed by atoms with E-state index in [9.17, 15) is 18.0 Å². The molecule has 1 saturated carbocycles. The van der Waals surface area contributed by atoms with Gasteiger partial charge in [0.2, 0.25) is 5.91 Å². The van der Waals surface area contributed by atoms with Gasteiger partial charge < -0.3 is 15.0 Å². The van der Waals surface area contributed by atoms with Gasteiger partial charge in [-0.15, -0.1) is 0 Å². The van der Waals surface area contributed by atoms with Crippen LogP contribution < -0.4 is 10.2 Å². The van der Waals surface area contributed by atoms with Gasteiger partial charge in [-0.3, -0.25) is 9.59 Å². The van der Waals surface area contributed by atoms with Gasteiger partial charge in [0.1, 0.15) is 0 Å². The number of benzene rings is 3. The number of hydrogen-bond acceptors (Lipinski definition) is 5. The number of para-hydroxylation sites is 1. The first-order valence-electron chi connectivity index (χ1n) is 13.9. The number of amides is 2. The van der Waals surface area contributed by atoms with E-state index in [1.165, 1.54) is 0 Å². The van der Waals surface area contributed by atoms with E-state index >= 15 is 0 Å². The molecule has 0 spiro atoms. The SMILES string of the molecule is CC(C)(C1CCCO1)N(C(=O)c1ccc(NC(=O)Cc2ccc(S(=O)(=O)CC3CC3)cc2)cc1)c1ccccc1. The molecule has 5 rings (SSSR count). The van der Waals surface area contributed by atoms with E-state index in [1.807, 2.05) is 49.1 Å². The van der Waals surface area contributed by atoms with Crippen LogP contribution in [0.2, 0.25) is 0 Å². The van der Waals surface area contributed by atoms with Crippen molar-refractivity contribution >= 4 is 33.0 Å². The number of hydrogen-bond donors (Lipinski definition) is 1. The topological polar surface area (TPSA) is 92.8 Å². The Morgan fingerprint density at radius 2 is 1.60 bits per heavy atom. The number of anilines is 2. The van der Waals surface area contributed by atoms with Gasteiger partial charge in [-0.05, 0) is 99.5 Å². The first-order chi connectivity index (χ1) is 19.1. The lowest BCUT2D eigenvalue weighted by Crippen LogP contribution is -2.55. The smallest absolute Gasteiger partial charge is 0.258 e. The third-order valence-corrected chi connectivity index (χ3v) is 9.63. The summed E-state index contributed by atoms with van der Waals surface area (Å²) in [5, 5.41) is 2.87. The first-order valence-corrected chi connectivity index (χ1v) is 15.5. The Morgan fingerprint density at radius 3 is 2.20 bits per heavy atom. The molecule has 3 aromatic carbocycles. The van der Waals surface area contributed by atoms with E-state index in [2.05, 4.69) is 5.32 Å². The van der Waals surface area contributed by atoms with Crippen molar-refractivity contribution < 1.29 is 22.7 Å². The highest BCUT2D eigenvalue weighted by atomic mass is 32.2. The lowest BCUT2D eigenvalue weighted by Gasteiger charge is -2.42. The molecular weight excluding hydrogens is 524 g/mol. The average molecular weight is 561 g/mol. The minimum absolute atomic E-state index is 0.0670. The minimum atomic E-state index is -3.28. The van der Waals surface area contributed by atoms with Crippen molar-refractivity contribution in [1.82, 2.24) is 0 Å². The van der Waals surface area contributed by atoms with Crippen molar-refractivity contribution in [2.75, 3.05) is 22.6 Å². The van der Waals surface area contributed by atoms with Gasteiger partial charge in [0.25, 0.3) is 5.91 Å². The van der Waals surface area contributed by atoms with Crippen molar-refractivity contribution in [2.24, 2.45) is 5.92 Å². The van der Waals surface area contributed by atoms with Gasteiger partial charge in [0.15, 0.2) is 9.84 Å². The molecule has 1 atom stereocenters. The quantitative estimate of drug-likeness (QED) is 0.346. The molecule has 210 valence electrons. The summed E-state index contributed by atoms with van der Waals surface area (Å²) in [6.07, 6.45) is 3.87. The first kappa shape index (κ1) is 28.1. The second-order valence-corrected chi connectivity index (χ2v) is 13.3. The molecule has 0 aromatic heterocycles. The van der Waals surface area contributed by atoms with Crippen LogP contribution in [0, 0.1) is 5.92 Å². The summed E-state index contributed by atoms with van der Waals surface area (Å²) in [6.45, 7) is 4.78. The van der Waals surface area contributed by atoms with E-state index < -0.39 is 15.4 Å². The summed E-state index contributed by atoms with van der Waals surface area (Å²) in [7, 11) is -3.28. The molecule has 0 radical (unpaired) electrons. The number of ether oxygens (including phenoxy) is 1. The number of carbonyl (C=O) groups is 2. The molecule has 1 aliphatic heterocycles. The number of sulfone groups is 1. The summed E-state index contributed by atoms with van der Waals surface area (Å²) >= 11 is 0. The zero-order valence-electron chi connectivity index (χ0n) is 23.0. The van der Waals surface area contributed by atoms with E-state index in [1.54, 1.807) is 48.5 Å². The molecule has 1 unspecified atom stereocenters. The molecule has 7 nitrogen and oxygen atoms in total. The largest absolute Gasteiger partial charge is 0.376 e. The van der Waals surface area contributed by atoms with Crippen LogP contribution in [0.25, 0.3) is 0 Å². The standard InChI is InChI=1S/C32H36N2O5S/c1-32(2,29-9-6-20-39-29)34(27-7-4-3-5-8-27)31(36)25-14-16-26(17-15-25)33-30(35)21-23-12-18-28(19-13-23)40(37,38)22-24-10-11-24/h3-5,7-8,12-19,24,29H,6,9-11,20-22H2,1-2H3,(H,33,35). The van der Waals surface area contributed by atoms with Crippen LogP contribution in [0.15, 0.2) is 83.8 Å². The summed E-state index contributed by atoms with van der Waals surface area (Å²) in [5.41, 5.74) is 2.06. The van der Waals surface area contributed by atoms with Gasteiger partial charge in [-0.1, -0.05) is 30.3 Å². The van der Waals surface area contributed by atoms with E-state index in [4.69, 9.17) is 4.74 Å². The monoisotopic (exact) mass is 560 g/mol. The molecule has 40 heavy (non-hydrogen) atoms. The van der Waals surface area contributed by atoms with Crippen LogP contribution >= 0.6 is 0 Å². The molecule has 2 aliphatic rings. The van der Waals surface area contributed by atoms with Crippen molar-refractivity contribution in [2.45, 2.75) is 62.5 Å². The van der Waals surface area contributed by atoms with Gasteiger partial charge in [-0.2, -0.15) is 0 Å². The Bertz CT molecular complexity index is 1440. The van der Waals surface area contributed by atoms with Crippen LogP contribution in [-0.2, 0) is 25.8 Å². The highest BCUT2D eigenvalue weighted by Crippen LogP contribution is 2.35. The molecule has 1 aliphatic carbocycles. The Hall–Kier alpha value is -3.49. The van der Waals surface area contributed by atoms with E-state index in [0.29, 0.717) is 22.8 Å². The summed E-state index contributed by atoms with van der Waals surface area (Å²) < 4.78 is 30.9. The van der Waals surface area contributed by atoms with Gasteiger partial charge in [0, 0.05) is 23.5 Å². The van der Waals surface area contributed by atoms with Crippen molar-refractivity contribution in [3.63, 3.8) is 0 Å². The average Bonchev–Trinajstić information content (AvgIpc) is 3.54. The van der Waals surface area contributed by atoms with Gasteiger partial charge in [-0.25, -0.2) is 8.42 Å². The number of nitrogens with one attached hydrogen (secondary N) is 1. The van der Waals surface area contributed by atoms with Crippen LogP contribution in [0.1, 0.15) is 55.5 Å². The fourth-order valence-electron chi connectivity index (χ4n) is 5.29. The Morgan fingerprint density at radius 1 is 0.925 bits per heavy atom. The number of nitrogens with zero attached hydrogens (tertiary/aromatic N) is 1. The number of rotatable bonds is 10. The Kier molecular flexibility index (Phi) is 8.10. The van der Waals surface area contributed by atoms with Gasteiger partial charge >= 0.3 is 0 Å². The zero-order chi connectivity index (χ0) is 28.3. The molecule has 1 saturated heterocycles. The maximum atomic E-state index is 13.8. The molecule has 1 heterocycles. The van der Waals surface area contributed by atoms with Crippen LogP contribution in [-0.4, -0.2) is 44.2 Å². The lowest BCUT2D eigenvalue weighted by molar-refractivity contribution is -0.115. The second-order valence-electron chi connectivity index (χ2n) is 11.3. The molecule has 3 aromatic rings. The molecule has 2 amide bonds. The molecule has 0 bridgehead atoms. The van der Waals surface area contributed by atoms with Crippen molar-refractivity contribution in [1.29, 1.82) is 0 Å². The summed E-state index contributed by atoms with van der Waals surface area (Å²) in [6, 6.07) is 23.0. The van der Waals surface area contributed by atoms with Gasteiger partial charge in [0.05, 0.1) is 28.7 Å². The highest BCUT2D eigenvalue weighted by Gasteiger charge is 2.41. The third kappa shape index (κ3) is 6.45. The lowest BCUT2D eigenvalue weighted by atomic mass is 9.91. The third-order valence-electron chi connectivity index (χ3n) is 7.73. The molecule has 1 N–H and O–H groups in total. The normalized spacial score (nSPS) is 17.4. The summed E-state index contributed by atoms with van der Waals surface area (Å²) in [4.78, 5) is 28.6. The fourth-order valence-corrected chi connectivity index (χ4v) is 6.99. The minimum Gasteiger partial charge on any atom is -0.376 e. The van der Waals surface area contributed by atoms with Crippen LogP contribution in [0.5, 0.6) is 0 Å². The van der Waals surface area contributed by atoms with E-state index in [0.717, 1.165) is 36.9 Å². The molecule has 8 heteroatoms. The molecular formula is C32H36N2O5S. The molecule has 2 fully saturated rings. The van der Waals surface area contributed by atoms with Crippen molar-refractivity contribution in [3.8, 4) is 0 Å². The number of carbonyl (C=O) groups excluding carboxylic acids is 2. The Balaban J connectivity index is 1.25. The van der Waals surface area contributed by atoms with E-state index in [-0.39, 0.29) is 36.0 Å². The van der Waals surface area contributed by atoms with Crippen LogP contribution in [0.3, 0.4) is 0 Å². The maximum Gasteiger partial charge on any atom is 0.258 e. The second kappa shape index (κ2) is 11.6. The highest BCUT2D eigenvalue weighted by molar-refractivity contribution is 7.91. The van der Waals surface area contributed by atoms with Crippen molar-refractivity contribution in [3.05, 3.63) is 90.0 Å². The Labute approximate surface area is 236 Å². The summed E-state index contributed by atoms with van der Waals surface area (Å²) in [5.74, 6) is 0.117. The van der Waals surface area contributed by atoms with Crippen LogP contribution in [0.4, 0.5) is 11.4 Å². The zero-order valence-corrected chi connectivity index (χ0v) is 23.8. The predicted octanol–water partition coefficient (Wildman–Crippen LogP) is 5.66. The maximum absolute atomic E-state index is 13.8. The predicted molar refractivity (Wildman–Crippen MR) is 156 cm³/mol. The fraction of sp³-hybridized carbons (Fsp3) is 0.375.